The number of carbonyl (C=O) groups is 1. The maximum Gasteiger partial charge on any atom is 0.338 e. The monoisotopic (exact) mass is 287 g/mol. The Labute approximate surface area is 120 Å². The zero-order chi connectivity index (χ0) is 15.2. The number of aromatic nitrogens is 1. The molecule has 21 heavy (non-hydrogen) atoms. The van der Waals surface area contributed by atoms with Crippen molar-refractivity contribution in [3.8, 4) is 0 Å². The van der Waals surface area contributed by atoms with E-state index in [0.29, 0.717) is 13.0 Å². The number of anilines is 1. The van der Waals surface area contributed by atoms with Crippen molar-refractivity contribution in [2.24, 2.45) is 0 Å². The lowest BCUT2D eigenvalue weighted by Gasteiger charge is -2.10. The Hall–Kier alpha value is -2.96. The van der Waals surface area contributed by atoms with Gasteiger partial charge in [0.15, 0.2) is 0 Å². The van der Waals surface area contributed by atoms with Gasteiger partial charge in [0.2, 0.25) is 0 Å². The van der Waals surface area contributed by atoms with Crippen molar-refractivity contribution < 1.29 is 14.8 Å². The molecule has 0 bridgehead atoms. The predicted molar refractivity (Wildman–Crippen MR) is 76.5 cm³/mol. The first kappa shape index (κ1) is 14.4. The van der Waals surface area contributed by atoms with Gasteiger partial charge in [0.05, 0.1) is 10.5 Å². The third-order valence-corrected chi connectivity index (χ3v) is 2.93. The fourth-order valence-corrected chi connectivity index (χ4v) is 1.94. The number of hydrogen-bond acceptors (Lipinski definition) is 5. The minimum Gasteiger partial charge on any atom is -0.478 e. The van der Waals surface area contributed by atoms with E-state index in [1.54, 1.807) is 12.4 Å². The van der Waals surface area contributed by atoms with Crippen molar-refractivity contribution in [1.29, 1.82) is 0 Å². The molecular weight excluding hydrogens is 274 g/mol. The summed E-state index contributed by atoms with van der Waals surface area (Å²) in [6, 6.07) is 7.64. The third-order valence-electron chi connectivity index (χ3n) is 2.93. The molecule has 0 aliphatic rings. The smallest absolute Gasteiger partial charge is 0.338 e. The predicted octanol–water partition coefficient (Wildman–Crippen LogP) is 2.34. The number of carboxylic acids is 1. The second-order valence-corrected chi connectivity index (χ2v) is 4.29. The number of para-hydroxylation sites is 1. The van der Waals surface area contributed by atoms with Crippen LogP contribution >= 0.6 is 0 Å². The Morgan fingerprint density at radius 1 is 1.29 bits per heavy atom. The number of benzene rings is 1. The van der Waals surface area contributed by atoms with Gasteiger partial charge in [0.25, 0.3) is 5.69 Å². The summed E-state index contributed by atoms with van der Waals surface area (Å²) < 4.78 is 0. The first-order chi connectivity index (χ1) is 10.1. The molecule has 0 saturated heterocycles. The van der Waals surface area contributed by atoms with E-state index in [2.05, 4.69) is 10.3 Å². The van der Waals surface area contributed by atoms with Crippen molar-refractivity contribution in [3.05, 3.63) is 64.0 Å². The topological polar surface area (TPSA) is 105 Å². The third kappa shape index (κ3) is 3.53. The number of hydrogen-bond donors (Lipinski definition) is 2. The van der Waals surface area contributed by atoms with Crippen LogP contribution in [0.15, 0.2) is 42.7 Å². The first-order valence-corrected chi connectivity index (χ1v) is 6.23. The normalized spacial score (nSPS) is 10.1. The number of carboxylic acid groups (broad SMARTS) is 1. The first-order valence-electron chi connectivity index (χ1n) is 6.23. The molecule has 1 heterocycles. The van der Waals surface area contributed by atoms with E-state index in [9.17, 15) is 14.9 Å². The number of nitro benzene ring substituents is 1. The average molecular weight is 287 g/mol. The Kier molecular flexibility index (Phi) is 4.45. The highest BCUT2D eigenvalue weighted by Crippen LogP contribution is 2.28. The molecule has 2 rings (SSSR count). The summed E-state index contributed by atoms with van der Waals surface area (Å²) in [5.74, 6) is -1.20. The Morgan fingerprint density at radius 2 is 2.00 bits per heavy atom. The molecule has 108 valence electrons. The molecule has 0 unspecified atom stereocenters. The fraction of sp³-hybridized carbons (Fsp3) is 0.143. The van der Waals surface area contributed by atoms with E-state index in [0.717, 1.165) is 5.56 Å². The molecule has 1 aromatic heterocycles. The van der Waals surface area contributed by atoms with Gasteiger partial charge in [0.1, 0.15) is 5.69 Å². The highest BCUT2D eigenvalue weighted by molar-refractivity contribution is 5.96. The summed E-state index contributed by atoms with van der Waals surface area (Å²) in [5.41, 5.74) is 0.681. The molecule has 7 nitrogen and oxygen atoms in total. The molecule has 2 aromatic rings. The molecule has 0 radical (unpaired) electrons. The van der Waals surface area contributed by atoms with Crippen LogP contribution in [0.4, 0.5) is 11.4 Å². The highest BCUT2D eigenvalue weighted by atomic mass is 16.6. The standard InChI is InChI=1S/C14H13N3O4/c18-14(19)11-2-1-3-12(17(20)21)13(11)16-9-6-10-4-7-15-8-5-10/h1-5,7-8,16H,6,9H2,(H,18,19). The molecule has 0 aliphatic heterocycles. The van der Waals surface area contributed by atoms with Gasteiger partial charge in [-0.1, -0.05) is 6.07 Å². The number of aromatic carboxylic acids is 1. The van der Waals surface area contributed by atoms with Crippen LogP contribution in [-0.4, -0.2) is 27.5 Å². The highest BCUT2D eigenvalue weighted by Gasteiger charge is 2.20. The van der Waals surface area contributed by atoms with Gasteiger partial charge in [-0.25, -0.2) is 4.79 Å². The number of nitrogens with one attached hydrogen (secondary N) is 1. The molecular formula is C14H13N3O4. The van der Waals surface area contributed by atoms with Crippen LogP contribution in [0.3, 0.4) is 0 Å². The van der Waals surface area contributed by atoms with Gasteiger partial charge < -0.3 is 10.4 Å². The van der Waals surface area contributed by atoms with Crippen LogP contribution in [0.1, 0.15) is 15.9 Å². The number of pyridine rings is 1. The molecule has 0 fully saturated rings. The summed E-state index contributed by atoms with van der Waals surface area (Å²) in [7, 11) is 0. The lowest BCUT2D eigenvalue weighted by Crippen LogP contribution is -2.11. The molecule has 0 amide bonds. The SMILES string of the molecule is O=C(O)c1cccc([N+](=O)[O-])c1NCCc1ccncc1. The van der Waals surface area contributed by atoms with E-state index in [1.807, 2.05) is 12.1 Å². The molecule has 7 heteroatoms. The largest absolute Gasteiger partial charge is 0.478 e. The van der Waals surface area contributed by atoms with Gasteiger partial charge in [-0.15, -0.1) is 0 Å². The van der Waals surface area contributed by atoms with Gasteiger partial charge in [0, 0.05) is 25.0 Å². The zero-order valence-electron chi connectivity index (χ0n) is 11.0. The van der Waals surface area contributed by atoms with E-state index in [4.69, 9.17) is 5.11 Å². The minimum absolute atomic E-state index is 0.0315. The molecule has 0 aliphatic carbocycles. The molecule has 0 spiro atoms. The Bertz CT molecular complexity index is 626. The zero-order valence-corrected chi connectivity index (χ0v) is 11.0. The van der Waals surface area contributed by atoms with E-state index in [1.165, 1.54) is 18.2 Å². The Balaban J connectivity index is 2.18. The van der Waals surface area contributed by atoms with Crippen molar-refractivity contribution in [2.45, 2.75) is 6.42 Å². The Morgan fingerprint density at radius 3 is 2.62 bits per heavy atom. The van der Waals surface area contributed by atoms with E-state index >= 15 is 0 Å². The summed E-state index contributed by atoms with van der Waals surface area (Å²) >= 11 is 0. The van der Waals surface area contributed by atoms with Gasteiger partial charge in [-0.2, -0.15) is 0 Å². The van der Waals surface area contributed by atoms with Crippen LogP contribution < -0.4 is 5.32 Å². The van der Waals surface area contributed by atoms with Crippen LogP contribution in [-0.2, 0) is 6.42 Å². The van der Waals surface area contributed by atoms with E-state index < -0.39 is 10.9 Å². The summed E-state index contributed by atoms with van der Waals surface area (Å²) in [4.78, 5) is 25.5. The summed E-state index contributed by atoms with van der Waals surface area (Å²) in [6.07, 6.45) is 3.92. The second-order valence-electron chi connectivity index (χ2n) is 4.29. The minimum atomic E-state index is -1.20. The molecule has 0 saturated carbocycles. The quantitative estimate of drug-likeness (QED) is 0.624. The summed E-state index contributed by atoms with van der Waals surface area (Å²) in [6.45, 7) is 0.384. The lowest BCUT2D eigenvalue weighted by molar-refractivity contribution is -0.384. The van der Waals surface area contributed by atoms with Crippen LogP contribution in [0, 0.1) is 10.1 Å². The van der Waals surface area contributed by atoms with Crippen molar-refractivity contribution in [3.63, 3.8) is 0 Å². The second kappa shape index (κ2) is 6.47. The van der Waals surface area contributed by atoms with Gasteiger partial charge >= 0.3 is 5.97 Å². The lowest BCUT2D eigenvalue weighted by atomic mass is 10.1. The number of nitrogens with zero attached hydrogens (tertiary/aromatic N) is 2. The van der Waals surface area contributed by atoms with E-state index in [-0.39, 0.29) is 16.9 Å². The summed E-state index contributed by atoms with van der Waals surface area (Å²) in [5, 5.41) is 23.0. The molecule has 2 N–H and O–H groups in total. The van der Waals surface area contributed by atoms with Gasteiger partial charge in [-0.05, 0) is 30.2 Å². The molecule has 1 aromatic carbocycles. The van der Waals surface area contributed by atoms with Crippen LogP contribution in [0.25, 0.3) is 0 Å². The molecule has 0 atom stereocenters. The number of nitro groups is 1. The van der Waals surface area contributed by atoms with Crippen LogP contribution in [0.5, 0.6) is 0 Å². The van der Waals surface area contributed by atoms with Crippen molar-refractivity contribution >= 4 is 17.3 Å². The average Bonchev–Trinajstić information content (AvgIpc) is 2.48. The maximum atomic E-state index is 11.2. The van der Waals surface area contributed by atoms with Crippen LogP contribution in [0.2, 0.25) is 0 Å². The van der Waals surface area contributed by atoms with Gasteiger partial charge in [-0.3, -0.25) is 15.1 Å². The van der Waals surface area contributed by atoms with Crippen molar-refractivity contribution in [1.82, 2.24) is 4.98 Å². The number of rotatable bonds is 6. The fourth-order valence-electron chi connectivity index (χ4n) is 1.94. The van der Waals surface area contributed by atoms with Crippen molar-refractivity contribution in [2.75, 3.05) is 11.9 Å². The maximum absolute atomic E-state index is 11.2.